The third-order valence-corrected chi connectivity index (χ3v) is 3.73. The molecule has 0 saturated heterocycles. The van der Waals surface area contributed by atoms with Gasteiger partial charge in [-0.3, -0.25) is 9.48 Å². The first-order chi connectivity index (χ1) is 9.13. The van der Waals surface area contributed by atoms with Gasteiger partial charge in [-0.25, -0.2) is 4.98 Å². The van der Waals surface area contributed by atoms with Crippen molar-refractivity contribution in [3.8, 4) is 0 Å². The Bertz CT molecular complexity index is 785. The first-order valence-electron chi connectivity index (χ1n) is 5.84. The summed E-state index contributed by atoms with van der Waals surface area (Å²) in [5, 5.41) is 9.34. The predicted molar refractivity (Wildman–Crippen MR) is 75.5 cm³/mol. The molecular formula is C12H13N5OS. The number of hydrogen-bond acceptors (Lipinski definition) is 5. The summed E-state index contributed by atoms with van der Waals surface area (Å²) in [6.45, 7) is 2.40. The summed E-state index contributed by atoms with van der Waals surface area (Å²) >= 11 is 1.40. The number of aryl methyl sites for hydroxylation is 2. The number of aromatic amines is 1. The molecule has 0 amide bonds. The minimum atomic E-state index is -0.0836. The summed E-state index contributed by atoms with van der Waals surface area (Å²) < 4.78 is 2.41. The van der Waals surface area contributed by atoms with Crippen LogP contribution >= 0.6 is 11.3 Å². The van der Waals surface area contributed by atoms with E-state index in [-0.39, 0.29) is 5.56 Å². The molecule has 0 radical (unpaired) electrons. The Morgan fingerprint density at radius 2 is 2.37 bits per heavy atom. The summed E-state index contributed by atoms with van der Waals surface area (Å²) in [7, 11) is 1.87. The highest BCUT2D eigenvalue weighted by Crippen LogP contribution is 2.15. The zero-order valence-electron chi connectivity index (χ0n) is 10.6. The number of hydrogen-bond donors (Lipinski definition) is 2. The van der Waals surface area contributed by atoms with Crippen LogP contribution in [-0.4, -0.2) is 19.7 Å². The average Bonchev–Trinajstić information content (AvgIpc) is 2.93. The van der Waals surface area contributed by atoms with Crippen molar-refractivity contribution in [2.75, 3.05) is 5.32 Å². The molecule has 0 bridgehead atoms. The maximum atomic E-state index is 11.8. The molecule has 19 heavy (non-hydrogen) atoms. The van der Waals surface area contributed by atoms with Gasteiger partial charge < -0.3 is 10.3 Å². The van der Waals surface area contributed by atoms with Gasteiger partial charge in [0.1, 0.15) is 10.5 Å². The molecule has 0 atom stereocenters. The fourth-order valence-corrected chi connectivity index (χ4v) is 2.68. The van der Waals surface area contributed by atoms with Crippen LogP contribution in [0.3, 0.4) is 0 Å². The third kappa shape index (κ3) is 2.24. The van der Waals surface area contributed by atoms with Crippen molar-refractivity contribution in [1.29, 1.82) is 0 Å². The molecular weight excluding hydrogens is 262 g/mol. The summed E-state index contributed by atoms with van der Waals surface area (Å²) in [6, 6.07) is 1.86. The van der Waals surface area contributed by atoms with E-state index in [1.165, 1.54) is 11.3 Å². The fourth-order valence-electron chi connectivity index (χ4n) is 1.96. The normalized spacial score (nSPS) is 11.1. The number of H-pyrrole nitrogens is 1. The van der Waals surface area contributed by atoms with Gasteiger partial charge in [-0.1, -0.05) is 0 Å². The molecule has 3 rings (SSSR count). The van der Waals surface area contributed by atoms with Crippen molar-refractivity contribution >= 4 is 27.2 Å². The van der Waals surface area contributed by atoms with E-state index in [1.807, 2.05) is 31.6 Å². The zero-order valence-corrected chi connectivity index (χ0v) is 11.4. The minimum Gasteiger partial charge on any atom is -0.375 e. The monoisotopic (exact) mass is 275 g/mol. The molecule has 98 valence electrons. The van der Waals surface area contributed by atoms with Gasteiger partial charge in [-0.15, -0.1) is 11.3 Å². The maximum absolute atomic E-state index is 11.8. The van der Waals surface area contributed by atoms with Crippen molar-refractivity contribution in [1.82, 2.24) is 19.7 Å². The van der Waals surface area contributed by atoms with Crippen LogP contribution in [0.15, 0.2) is 22.4 Å². The highest BCUT2D eigenvalue weighted by atomic mass is 32.1. The number of rotatable bonds is 3. The van der Waals surface area contributed by atoms with E-state index in [4.69, 9.17) is 0 Å². The van der Waals surface area contributed by atoms with Gasteiger partial charge in [0, 0.05) is 13.2 Å². The zero-order chi connectivity index (χ0) is 13.4. The third-order valence-electron chi connectivity index (χ3n) is 2.82. The second kappa shape index (κ2) is 4.51. The van der Waals surface area contributed by atoms with Gasteiger partial charge in [0.2, 0.25) is 0 Å². The van der Waals surface area contributed by atoms with Gasteiger partial charge in [-0.05, 0) is 18.4 Å². The van der Waals surface area contributed by atoms with Crippen LogP contribution in [0.1, 0.15) is 11.5 Å². The van der Waals surface area contributed by atoms with Crippen LogP contribution in [0.25, 0.3) is 10.2 Å². The summed E-state index contributed by atoms with van der Waals surface area (Å²) in [5.74, 6) is 0.624. The molecule has 6 nitrogen and oxygen atoms in total. The fraction of sp³-hybridized carbons (Fsp3) is 0.250. The number of nitrogens with zero attached hydrogens (tertiary/aromatic N) is 3. The summed E-state index contributed by atoms with van der Waals surface area (Å²) in [5.41, 5.74) is 2.52. The lowest BCUT2D eigenvalue weighted by Gasteiger charge is -2.04. The second-order valence-electron chi connectivity index (χ2n) is 4.30. The molecule has 0 saturated carbocycles. The number of aromatic nitrogens is 4. The van der Waals surface area contributed by atoms with Crippen molar-refractivity contribution in [2.24, 2.45) is 7.05 Å². The van der Waals surface area contributed by atoms with Crippen LogP contribution in [0, 0.1) is 6.92 Å². The number of thiophene rings is 1. The Hall–Kier alpha value is -2.15. The molecule has 3 aromatic heterocycles. The largest absolute Gasteiger partial charge is 0.375 e. The van der Waals surface area contributed by atoms with Crippen molar-refractivity contribution in [3.05, 3.63) is 39.5 Å². The minimum absolute atomic E-state index is 0.0836. The first kappa shape index (κ1) is 11.9. The van der Waals surface area contributed by atoms with E-state index in [0.717, 1.165) is 16.9 Å². The lowest BCUT2D eigenvalue weighted by molar-refractivity contribution is 0.756. The Balaban J connectivity index is 1.85. The quantitative estimate of drug-likeness (QED) is 0.762. The van der Waals surface area contributed by atoms with Gasteiger partial charge in [-0.2, -0.15) is 5.10 Å². The van der Waals surface area contributed by atoms with Crippen LogP contribution in [0.4, 0.5) is 5.69 Å². The standard InChI is InChI=1S/C12H13N5OS/c1-7-9(6-17(2)16-7)13-5-10-14-8-3-4-19-11(8)12(18)15-10/h3-4,6,13H,5H2,1-2H3,(H,14,15,18). The molecule has 0 fully saturated rings. The van der Waals surface area contributed by atoms with Crippen molar-refractivity contribution < 1.29 is 0 Å². The number of fused-ring (bicyclic) bond motifs is 1. The lowest BCUT2D eigenvalue weighted by atomic mass is 10.4. The number of anilines is 1. The molecule has 7 heteroatoms. The predicted octanol–water partition coefficient (Wildman–Crippen LogP) is 1.64. The van der Waals surface area contributed by atoms with Crippen molar-refractivity contribution in [3.63, 3.8) is 0 Å². The SMILES string of the molecule is Cc1nn(C)cc1NCc1nc2ccsc2c(=O)[nH]1. The average molecular weight is 275 g/mol. The number of nitrogens with one attached hydrogen (secondary N) is 2. The first-order valence-corrected chi connectivity index (χ1v) is 6.72. The Morgan fingerprint density at radius 3 is 3.11 bits per heavy atom. The van der Waals surface area contributed by atoms with Gasteiger partial charge >= 0.3 is 0 Å². The Morgan fingerprint density at radius 1 is 1.53 bits per heavy atom. The van der Waals surface area contributed by atoms with E-state index in [0.29, 0.717) is 17.1 Å². The van der Waals surface area contributed by atoms with E-state index >= 15 is 0 Å². The van der Waals surface area contributed by atoms with Gasteiger partial charge in [0.15, 0.2) is 0 Å². The molecule has 0 unspecified atom stereocenters. The molecule has 3 aromatic rings. The summed E-state index contributed by atoms with van der Waals surface area (Å²) in [6.07, 6.45) is 1.90. The summed E-state index contributed by atoms with van der Waals surface area (Å²) in [4.78, 5) is 19.0. The molecule has 0 aliphatic heterocycles. The van der Waals surface area contributed by atoms with Crippen LogP contribution in [0.2, 0.25) is 0 Å². The van der Waals surface area contributed by atoms with Crippen LogP contribution < -0.4 is 10.9 Å². The molecule has 0 aromatic carbocycles. The molecule has 0 aliphatic rings. The smallest absolute Gasteiger partial charge is 0.268 e. The highest BCUT2D eigenvalue weighted by Gasteiger charge is 2.06. The van der Waals surface area contributed by atoms with E-state index < -0.39 is 0 Å². The Kier molecular flexibility index (Phi) is 2.83. The molecule has 3 heterocycles. The molecule has 2 N–H and O–H groups in total. The molecule has 0 spiro atoms. The topological polar surface area (TPSA) is 75.6 Å². The van der Waals surface area contributed by atoms with Gasteiger partial charge in [0.05, 0.1) is 23.4 Å². The second-order valence-corrected chi connectivity index (χ2v) is 5.22. The van der Waals surface area contributed by atoms with Crippen molar-refractivity contribution in [2.45, 2.75) is 13.5 Å². The molecule has 0 aliphatic carbocycles. The van der Waals surface area contributed by atoms with E-state index in [9.17, 15) is 4.79 Å². The van der Waals surface area contributed by atoms with E-state index in [1.54, 1.807) is 4.68 Å². The van der Waals surface area contributed by atoms with Gasteiger partial charge in [0.25, 0.3) is 5.56 Å². The van der Waals surface area contributed by atoms with Crippen LogP contribution in [0.5, 0.6) is 0 Å². The van der Waals surface area contributed by atoms with Crippen LogP contribution in [-0.2, 0) is 13.6 Å². The Labute approximate surface area is 113 Å². The highest BCUT2D eigenvalue weighted by molar-refractivity contribution is 7.17. The lowest BCUT2D eigenvalue weighted by Crippen LogP contribution is -2.13. The maximum Gasteiger partial charge on any atom is 0.268 e. The van der Waals surface area contributed by atoms with E-state index in [2.05, 4.69) is 20.4 Å².